The summed E-state index contributed by atoms with van der Waals surface area (Å²) in [4.78, 5) is 28.0. The molecule has 2 rings (SSSR count). The first kappa shape index (κ1) is 15.0. The molecule has 0 spiro atoms. The van der Waals surface area contributed by atoms with Crippen LogP contribution in [0.1, 0.15) is 39.3 Å². The van der Waals surface area contributed by atoms with Crippen LogP contribution in [0.2, 0.25) is 0 Å². The number of hydrogen-bond acceptors (Lipinski definition) is 5. The van der Waals surface area contributed by atoms with Crippen LogP contribution in [0.15, 0.2) is 5.38 Å². The van der Waals surface area contributed by atoms with Crippen molar-refractivity contribution in [2.24, 2.45) is 16.7 Å². The molecule has 5 nitrogen and oxygen atoms in total. The smallest absolute Gasteiger partial charge is 0.229 e. The number of anilines is 1. The average Bonchev–Trinajstić information content (AvgIpc) is 2.83. The van der Waals surface area contributed by atoms with Crippen LogP contribution >= 0.6 is 11.3 Å². The molecule has 0 saturated heterocycles. The molecule has 0 aromatic carbocycles. The highest BCUT2D eigenvalue weighted by molar-refractivity contribution is 7.13. The van der Waals surface area contributed by atoms with Gasteiger partial charge in [0.2, 0.25) is 5.91 Å². The van der Waals surface area contributed by atoms with Crippen molar-refractivity contribution in [2.45, 2.75) is 40.5 Å². The Balaban J connectivity index is 2.18. The van der Waals surface area contributed by atoms with Gasteiger partial charge in [-0.15, -0.1) is 11.3 Å². The molecular formula is C14H19N2O3S-. The summed E-state index contributed by atoms with van der Waals surface area (Å²) in [6.45, 7) is 7.18. The molecule has 1 saturated carbocycles. The van der Waals surface area contributed by atoms with Gasteiger partial charge >= 0.3 is 0 Å². The number of nitrogens with one attached hydrogen (secondary N) is 1. The number of hydrogen-bond donors (Lipinski definition) is 1. The zero-order valence-corrected chi connectivity index (χ0v) is 13.0. The molecule has 1 aromatic rings. The summed E-state index contributed by atoms with van der Waals surface area (Å²) in [5, 5.41) is 16.6. The minimum atomic E-state index is -1.08. The maximum absolute atomic E-state index is 12.4. The third kappa shape index (κ3) is 2.22. The number of carbonyl (C=O) groups excluding carboxylic acids is 2. The second-order valence-electron chi connectivity index (χ2n) is 6.22. The van der Waals surface area contributed by atoms with Crippen LogP contribution in [-0.4, -0.2) is 16.9 Å². The lowest BCUT2D eigenvalue weighted by Crippen LogP contribution is -2.49. The molecule has 0 unspecified atom stereocenters. The van der Waals surface area contributed by atoms with E-state index in [4.69, 9.17) is 0 Å². The lowest BCUT2D eigenvalue weighted by atomic mass is 9.65. The second kappa shape index (κ2) is 4.84. The average molecular weight is 295 g/mol. The number of nitrogens with zero attached hydrogens (tertiary/aromatic N) is 1. The Morgan fingerprint density at radius 3 is 2.55 bits per heavy atom. The van der Waals surface area contributed by atoms with E-state index in [1.54, 1.807) is 6.92 Å². The molecule has 110 valence electrons. The van der Waals surface area contributed by atoms with Gasteiger partial charge in [-0.25, -0.2) is 4.98 Å². The molecular weight excluding hydrogens is 276 g/mol. The monoisotopic (exact) mass is 295 g/mol. The topological polar surface area (TPSA) is 82.1 Å². The lowest BCUT2D eigenvalue weighted by Gasteiger charge is -2.41. The Hall–Kier alpha value is -1.43. The van der Waals surface area contributed by atoms with E-state index in [0.717, 1.165) is 5.69 Å². The highest BCUT2D eigenvalue weighted by atomic mass is 32.1. The molecule has 1 heterocycles. The van der Waals surface area contributed by atoms with Crippen LogP contribution in [0, 0.1) is 23.7 Å². The molecule has 1 N–H and O–H groups in total. The van der Waals surface area contributed by atoms with E-state index in [1.807, 2.05) is 26.2 Å². The first-order valence-corrected chi connectivity index (χ1v) is 7.51. The molecule has 1 fully saturated rings. The van der Waals surface area contributed by atoms with E-state index in [0.29, 0.717) is 18.0 Å². The Bertz CT molecular complexity index is 552. The second-order valence-corrected chi connectivity index (χ2v) is 7.07. The van der Waals surface area contributed by atoms with Crippen molar-refractivity contribution in [1.29, 1.82) is 0 Å². The van der Waals surface area contributed by atoms with E-state index in [2.05, 4.69) is 10.3 Å². The van der Waals surface area contributed by atoms with Gasteiger partial charge in [-0.1, -0.05) is 20.8 Å². The fourth-order valence-corrected chi connectivity index (χ4v) is 3.62. The number of carbonyl (C=O) groups is 2. The molecule has 1 amide bonds. The Labute approximate surface area is 122 Å². The zero-order chi connectivity index (χ0) is 15.1. The van der Waals surface area contributed by atoms with Gasteiger partial charge in [0.25, 0.3) is 0 Å². The van der Waals surface area contributed by atoms with Crippen molar-refractivity contribution >= 4 is 28.3 Å². The standard InChI is InChI=1S/C14H20N2O3S/c1-8-7-20-12(15-8)16-10(17)9-5-6-14(4,11(18)19)13(9,2)3/h7,9H,5-6H2,1-4H3,(H,18,19)(H,15,16,17)/p-1/t9-,14-/m1/s1. The first-order chi connectivity index (χ1) is 9.18. The largest absolute Gasteiger partial charge is 0.550 e. The number of aromatic nitrogens is 1. The van der Waals surface area contributed by atoms with Crippen LogP contribution in [0.4, 0.5) is 5.13 Å². The third-order valence-corrected chi connectivity index (χ3v) is 5.72. The number of aliphatic carboxylic acids is 1. The van der Waals surface area contributed by atoms with Crippen LogP contribution in [0.3, 0.4) is 0 Å². The molecule has 6 heteroatoms. The minimum absolute atomic E-state index is 0.158. The van der Waals surface area contributed by atoms with Gasteiger partial charge in [0.15, 0.2) is 5.13 Å². The maximum atomic E-state index is 12.4. The van der Waals surface area contributed by atoms with Crippen LogP contribution in [0.25, 0.3) is 0 Å². The maximum Gasteiger partial charge on any atom is 0.229 e. The van der Waals surface area contributed by atoms with Crippen LogP contribution in [-0.2, 0) is 9.59 Å². The number of rotatable bonds is 3. The van der Waals surface area contributed by atoms with Crippen molar-refractivity contribution in [2.75, 3.05) is 5.32 Å². The quantitative estimate of drug-likeness (QED) is 0.918. The van der Waals surface area contributed by atoms with Crippen molar-refractivity contribution in [3.63, 3.8) is 0 Å². The Morgan fingerprint density at radius 2 is 2.10 bits per heavy atom. The summed E-state index contributed by atoms with van der Waals surface area (Å²) in [5.74, 6) is -1.59. The Morgan fingerprint density at radius 1 is 1.45 bits per heavy atom. The van der Waals surface area contributed by atoms with E-state index in [-0.39, 0.29) is 11.8 Å². The number of thiazole rings is 1. The first-order valence-electron chi connectivity index (χ1n) is 6.63. The minimum Gasteiger partial charge on any atom is -0.550 e. The number of aryl methyl sites for hydroxylation is 1. The SMILES string of the molecule is Cc1csc(NC(=O)[C@H]2CC[C@](C)(C(=O)[O-])C2(C)C)n1. The van der Waals surface area contributed by atoms with E-state index < -0.39 is 16.8 Å². The van der Waals surface area contributed by atoms with Crippen molar-refractivity contribution in [3.05, 3.63) is 11.1 Å². The van der Waals surface area contributed by atoms with Gasteiger partial charge < -0.3 is 15.2 Å². The van der Waals surface area contributed by atoms with E-state index in [9.17, 15) is 14.7 Å². The number of carboxylic acid groups (broad SMARTS) is 1. The fraction of sp³-hybridized carbons (Fsp3) is 0.643. The van der Waals surface area contributed by atoms with Gasteiger partial charge in [-0.05, 0) is 25.2 Å². The summed E-state index contributed by atoms with van der Waals surface area (Å²) in [6, 6.07) is 0. The summed E-state index contributed by atoms with van der Waals surface area (Å²) in [6.07, 6.45) is 1.00. The molecule has 1 aliphatic carbocycles. The highest BCUT2D eigenvalue weighted by Gasteiger charge is 2.54. The van der Waals surface area contributed by atoms with Gasteiger partial charge in [0.05, 0.1) is 5.69 Å². The predicted octanol–water partition coefficient (Wildman–Crippen LogP) is 1.58. The molecule has 1 aliphatic rings. The van der Waals surface area contributed by atoms with Gasteiger partial charge in [0.1, 0.15) is 0 Å². The van der Waals surface area contributed by atoms with Gasteiger partial charge in [-0.3, -0.25) is 4.79 Å². The lowest BCUT2D eigenvalue weighted by molar-refractivity contribution is -0.323. The highest BCUT2D eigenvalue weighted by Crippen LogP contribution is 2.55. The van der Waals surface area contributed by atoms with Crippen LogP contribution < -0.4 is 10.4 Å². The molecule has 0 radical (unpaired) electrons. The van der Waals surface area contributed by atoms with Crippen molar-refractivity contribution in [1.82, 2.24) is 4.98 Å². The van der Waals surface area contributed by atoms with E-state index >= 15 is 0 Å². The third-order valence-electron chi connectivity index (χ3n) is 4.84. The number of amides is 1. The summed E-state index contributed by atoms with van der Waals surface area (Å²) < 4.78 is 0. The van der Waals surface area contributed by atoms with Gasteiger partial charge in [0, 0.05) is 22.7 Å². The summed E-state index contributed by atoms with van der Waals surface area (Å²) in [5.41, 5.74) is -0.772. The molecule has 0 bridgehead atoms. The van der Waals surface area contributed by atoms with Crippen LogP contribution in [0.5, 0.6) is 0 Å². The molecule has 1 aromatic heterocycles. The zero-order valence-electron chi connectivity index (χ0n) is 12.1. The molecule has 20 heavy (non-hydrogen) atoms. The predicted molar refractivity (Wildman–Crippen MR) is 75.1 cm³/mol. The normalized spacial score (nSPS) is 28.3. The van der Waals surface area contributed by atoms with Crippen molar-refractivity contribution in [3.8, 4) is 0 Å². The summed E-state index contributed by atoms with van der Waals surface area (Å²) in [7, 11) is 0. The fourth-order valence-electron chi connectivity index (χ4n) is 2.93. The van der Waals surface area contributed by atoms with Crippen molar-refractivity contribution < 1.29 is 14.7 Å². The van der Waals surface area contributed by atoms with Gasteiger partial charge in [-0.2, -0.15) is 0 Å². The Kier molecular flexibility index (Phi) is 3.62. The summed E-state index contributed by atoms with van der Waals surface area (Å²) >= 11 is 1.37. The molecule has 2 atom stereocenters. The number of carboxylic acids is 1. The molecule has 0 aliphatic heterocycles. The van der Waals surface area contributed by atoms with E-state index in [1.165, 1.54) is 11.3 Å².